The van der Waals surface area contributed by atoms with Gasteiger partial charge in [0.1, 0.15) is 11.6 Å². The Morgan fingerprint density at radius 3 is 2.48 bits per heavy atom. The van der Waals surface area contributed by atoms with Gasteiger partial charge in [-0.05, 0) is 37.9 Å². The molecular formula is C17H25F2NO. The monoisotopic (exact) mass is 297 g/mol. The highest BCUT2D eigenvalue weighted by molar-refractivity contribution is 5.31. The molecule has 21 heavy (non-hydrogen) atoms. The van der Waals surface area contributed by atoms with Crippen molar-refractivity contribution in [1.82, 2.24) is 5.32 Å². The van der Waals surface area contributed by atoms with E-state index in [0.29, 0.717) is 12.1 Å². The highest BCUT2D eigenvalue weighted by Gasteiger charge is 2.43. The Labute approximate surface area is 125 Å². The van der Waals surface area contributed by atoms with Crippen LogP contribution in [0.1, 0.15) is 56.2 Å². The molecule has 0 spiro atoms. The first-order chi connectivity index (χ1) is 10.1. The Bertz CT molecular complexity index is 484. The van der Waals surface area contributed by atoms with Gasteiger partial charge in [-0.1, -0.05) is 32.3 Å². The van der Waals surface area contributed by atoms with E-state index in [1.165, 1.54) is 12.1 Å². The number of ether oxygens (including phenoxy) is 1. The molecule has 0 heterocycles. The molecule has 1 saturated carbocycles. The average Bonchev–Trinajstić information content (AvgIpc) is 2.51. The van der Waals surface area contributed by atoms with Crippen LogP contribution >= 0.6 is 0 Å². The lowest BCUT2D eigenvalue weighted by atomic mass is 9.76. The van der Waals surface area contributed by atoms with Crippen LogP contribution in [0.15, 0.2) is 12.1 Å². The minimum atomic E-state index is -0.524. The molecule has 2 nitrogen and oxygen atoms in total. The SMILES string of the molecule is CCNC(c1c(F)ccc(C)c1F)C1(OC)CCCCC1. The first-order valence-corrected chi connectivity index (χ1v) is 7.78. The molecule has 1 fully saturated rings. The molecule has 0 amide bonds. The van der Waals surface area contributed by atoms with E-state index in [0.717, 1.165) is 32.1 Å². The van der Waals surface area contributed by atoms with Crippen molar-refractivity contribution in [3.05, 3.63) is 34.9 Å². The van der Waals surface area contributed by atoms with Crippen LogP contribution in [-0.2, 0) is 4.74 Å². The minimum absolute atomic E-state index is 0.126. The molecule has 0 aliphatic heterocycles. The topological polar surface area (TPSA) is 21.3 Å². The number of likely N-dealkylation sites (N-methyl/N-ethyl adjacent to an activating group) is 1. The van der Waals surface area contributed by atoms with E-state index >= 15 is 0 Å². The number of nitrogens with one attached hydrogen (secondary N) is 1. The highest BCUT2D eigenvalue weighted by Crippen LogP contribution is 2.42. The average molecular weight is 297 g/mol. The molecule has 1 aromatic rings. The first kappa shape index (κ1) is 16.4. The maximum atomic E-state index is 14.6. The standard InChI is InChI=1S/C17H25F2NO/c1-4-20-16(17(21-3)10-6-5-7-11-17)14-13(18)9-8-12(2)15(14)19/h8-9,16,20H,4-7,10-11H2,1-3H3. The third-order valence-electron chi connectivity index (χ3n) is 4.65. The molecule has 2 rings (SSSR count). The number of rotatable bonds is 5. The Balaban J connectivity index is 2.50. The van der Waals surface area contributed by atoms with Crippen LogP contribution in [-0.4, -0.2) is 19.3 Å². The lowest BCUT2D eigenvalue weighted by Gasteiger charge is -2.43. The second-order valence-corrected chi connectivity index (χ2v) is 5.91. The summed E-state index contributed by atoms with van der Waals surface area (Å²) < 4.78 is 34.7. The van der Waals surface area contributed by atoms with Crippen molar-refractivity contribution in [2.75, 3.05) is 13.7 Å². The van der Waals surface area contributed by atoms with E-state index in [1.54, 1.807) is 14.0 Å². The molecule has 0 radical (unpaired) electrons. The van der Waals surface area contributed by atoms with Gasteiger partial charge in [-0.2, -0.15) is 0 Å². The second kappa shape index (κ2) is 6.84. The quantitative estimate of drug-likeness (QED) is 0.876. The first-order valence-electron chi connectivity index (χ1n) is 7.78. The maximum Gasteiger partial charge on any atom is 0.133 e. The van der Waals surface area contributed by atoms with Gasteiger partial charge >= 0.3 is 0 Å². The van der Waals surface area contributed by atoms with E-state index in [4.69, 9.17) is 4.74 Å². The number of benzene rings is 1. The van der Waals surface area contributed by atoms with Crippen molar-refractivity contribution in [2.45, 2.75) is 57.6 Å². The van der Waals surface area contributed by atoms with Gasteiger partial charge in [0.2, 0.25) is 0 Å². The fourth-order valence-electron chi connectivity index (χ4n) is 3.46. The van der Waals surface area contributed by atoms with E-state index in [1.807, 2.05) is 6.92 Å². The lowest BCUT2D eigenvalue weighted by Crippen LogP contribution is -2.47. The molecule has 1 aromatic carbocycles. The smallest absolute Gasteiger partial charge is 0.133 e. The molecular weight excluding hydrogens is 272 g/mol. The van der Waals surface area contributed by atoms with Crippen LogP contribution < -0.4 is 5.32 Å². The summed E-state index contributed by atoms with van der Waals surface area (Å²) in [5.74, 6) is -0.950. The maximum absolute atomic E-state index is 14.6. The van der Waals surface area contributed by atoms with Gasteiger partial charge in [0.15, 0.2) is 0 Å². The van der Waals surface area contributed by atoms with Crippen molar-refractivity contribution < 1.29 is 13.5 Å². The summed E-state index contributed by atoms with van der Waals surface area (Å²) in [6.07, 6.45) is 4.88. The summed E-state index contributed by atoms with van der Waals surface area (Å²) in [5, 5.41) is 3.26. The lowest BCUT2D eigenvalue weighted by molar-refractivity contribution is -0.0699. The Kier molecular flexibility index (Phi) is 5.33. The molecule has 0 aromatic heterocycles. The Hall–Kier alpha value is -1.00. The molecule has 1 aliphatic carbocycles. The second-order valence-electron chi connectivity index (χ2n) is 5.91. The van der Waals surface area contributed by atoms with Crippen molar-refractivity contribution in [1.29, 1.82) is 0 Å². The van der Waals surface area contributed by atoms with Crippen LogP contribution in [0.3, 0.4) is 0 Å². The summed E-state index contributed by atoms with van der Waals surface area (Å²) in [5.41, 5.74) is 0.0703. The predicted octanol–water partition coefficient (Wildman–Crippen LogP) is 4.27. The summed E-state index contributed by atoms with van der Waals surface area (Å²) in [7, 11) is 1.65. The molecule has 0 bridgehead atoms. The van der Waals surface area contributed by atoms with Crippen LogP contribution in [0.2, 0.25) is 0 Å². The van der Waals surface area contributed by atoms with Gasteiger partial charge < -0.3 is 10.1 Å². The molecule has 1 N–H and O–H groups in total. The van der Waals surface area contributed by atoms with Crippen LogP contribution in [0.5, 0.6) is 0 Å². The fraction of sp³-hybridized carbons (Fsp3) is 0.647. The number of methoxy groups -OCH3 is 1. The molecule has 4 heteroatoms. The predicted molar refractivity (Wildman–Crippen MR) is 80.3 cm³/mol. The number of hydrogen-bond donors (Lipinski definition) is 1. The van der Waals surface area contributed by atoms with Crippen molar-refractivity contribution >= 4 is 0 Å². The van der Waals surface area contributed by atoms with E-state index in [-0.39, 0.29) is 5.56 Å². The zero-order valence-electron chi connectivity index (χ0n) is 13.1. The molecule has 1 unspecified atom stereocenters. The largest absolute Gasteiger partial charge is 0.376 e. The number of halogens is 2. The van der Waals surface area contributed by atoms with Gasteiger partial charge in [-0.25, -0.2) is 8.78 Å². The molecule has 118 valence electrons. The fourth-order valence-corrected chi connectivity index (χ4v) is 3.46. The Morgan fingerprint density at radius 2 is 1.90 bits per heavy atom. The minimum Gasteiger partial charge on any atom is -0.376 e. The molecule has 1 atom stereocenters. The summed E-state index contributed by atoms with van der Waals surface area (Å²) in [6, 6.07) is 2.38. The van der Waals surface area contributed by atoms with Crippen molar-refractivity contribution in [2.24, 2.45) is 0 Å². The van der Waals surface area contributed by atoms with Gasteiger partial charge in [-0.15, -0.1) is 0 Å². The Morgan fingerprint density at radius 1 is 1.24 bits per heavy atom. The summed E-state index contributed by atoms with van der Waals surface area (Å²) >= 11 is 0. The number of hydrogen-bond acceptors (Lipinski definition) is 2. The highest BCUT2D eigenvalue weighted by atomic mass is 19.1. The van der Waals surface area contributed by atoms with E-state index in [2.05, 4.69) is 5.32 Å². The summed E-state index contributed by atoms with van der Waals surface area (Å²) in [4.78, 5) is 0. The third-order valence-corrected chi connectivity index (χ3v) is 4.65. The third kappa shape index (κ3) is 3.11. The van der Waals surface area contributed by atoms with Crippen molar-refractivity contribution in [3.8, 4) is 0 Å². The molecule has 0 saturated heterocycles. The van der Waals surface area contributed by atoms with Crippen LogP contribution in [0.4, 0.5) is 8.78 Å². The van der Waals surface area contributed by atoms with E-state index < -0.39 is 23.3 Å². The van der Waals surface area contributed by atoms with Gasteiger partial charge in [0, 0.05) is 12.7 Å². The van der Waals surface area contributed by atoms with Crippen molar-refractivity contribution in [3.63, 3.8) is 0 Å². The normalized spacial score (nSPS) is 19.5. The zero-order valence-corrected chi connectivity index (χ0v) is 13.1. The van der Waals surface area contributed by atoms with Crippen LogP contribution in [0, 0.1) is 18.6 Å². The van der Waals surface area contributed by atoms with Gasteiger partial charge in [-0.3, -0.25) is 0 Å². The van der Waals surface area contributed by atoms with Gasteiger partial charge in [0.25, 0.3) is 0 Å². The zero-order chi connectivity index (χ0) is 15.5. The number of aryl methyl sites for hydroxylation is 1. The van der Waals surface area contributed by atoms with E-state index in [9.17, 15) is 8.78 Å². The molecule has 1 aliphatic rings. The van der Waals surface area contributed by atoms with Gasteiger partial charge in [0.05, 0.1) is 11.6 Å². The summed E-state index contributed by atoms with van der Waals surface area (Å²) in [6.45, 7) is 4.26. The van der Waals surface area contributed by atoms with Crippen LogP contribution in [0.25, 0.3) is 0 Å².